The fourth-order valence-corrected chi connectivity index (χ4v) is 3.45. The molecule has 26 heavy (non-hydrogen) atoms. The van der Waals surface area contributed by atoms with E-state index in [0.29, 0.717) is 10.7 Å². The van der Waals surface area contributed by atoms with Crippen LogP contribution in [0.1, 0.15) is 21.7 Å². The first kappa shape index (κ1) is 18.1. The molecule has 3 rings (SSSR count). The van der Waals surface area contributed by atoms with Crippen LogP contribution >= 0.6 is 11.8 Å². The molecule has 5 nitrogen and oxygen atoms in total. The first-order valence-corrected chi connectivity index (χ1v) is 8.96. The van der Waals surface area contributed by atoms with E-state index in [-0.39, 0.29) is 17.3 Å². The van der Waals surface area contributed by atoms with Crippen molar-refractivity contribution in [2.75, 3.05) is 12.9 Å². The van der Waals surface area contributed by atoms with Gasteiger partial charge in [-0.25, -0.2) is 4.39 Å². The summed E-state index contributed by atoms with van der Waals surface area (Å²) >= 11 is 1.27. The molecule has 7 heteroatoms. The summed E-state index contributed by atoms with van der Waals surface area (Å²) in [4.78, 5) is 12.4. The third-order valence-corrected chi connectivity index (χ3v) is 4.79. The number of hydrogen-bond acceptors (Lipinski definition) is 5. The van der Waals surface area contributed by atoms with E-state index in [2.05, 4.69) is 10.2 Å². The molecule has 0 unspecified atom stereocenters. The molecule has 134 valence electrons. The van der Waals surface area contributed by atoms with E-state index in [9.17, 15) is 9.18 Å². The van der Waals surface area contributed by atoms with Gasteiger partial charge in [0.05, 0.1) is 12.9 Å². The number of Topliss-reactive ketones (excluding diaryl/α,β-unsaturated/α-hetero) is 1. The van der Waals surface area contributed by atoms with Crippen molar-refractivity contribution < 1.29 is 13.9 Å². The molecule has 0 aliphatic carbocycles. The summed E-state index contributed by atoms with van der Waals surface area (Å²) in [6.45, 7) is 3.87. The van der Waals surface area contributed by atoms with Crippen LogP contribution in [0, 0.1) is 19.7 Å². The molecule has 0 saturated carbocycles. The van der Waals surface area contributed by atoms with Gasteiger partial charge < -0.3 is 4.74 Å². The molecular weight excluding hydrogens is 353 g/mol. The van der Waals surface area contributed by atoms with Crippen molar-refractivity contribution in [3.63, 3.8) is 0 Å². The Morgan fingerprint density at radius 3 is 2.69 bits per heavy atom. The Kier molecular flexibility index (Phi) is 5.37. The highest BCUT2D eigenvalue weighted by molar-refractivity contribution is 7.99. The summed E-state index contributed by atoms with van der Waals surface area (Å²) < 4.78 is 20.6. The average Bonchev–Trinajstić information content (AvgIpc) is 3.00. The van der Waals surface area contributed by atoms with Gasteiger partial charge in [-0.05, 0) is 49.7 Å². The number of ether oxygens (including phenoxy) is 1. The molecule has 0 atom stereocenters. The Morgan fingerprint density at radius 1 is 1.19 bits per heavy atom. The molecule has 0 N–H and O–H groups in total. The molecule has 1 heterocycles. The summed E-state index contributed by atoms with van der Waals surface area (Å²) in [7, 11) is 1.39. The van der Waals surface area contributed by atoms with Gasteiger partial charge in [0.25, 0.3) is 0 Å². The van der Waals surface area contributed by atoms with Gasteiger partial charge >= 0.3 is 0 Å². The third-order valence-electron chi connectivity index (χ3n) is 3.86. The van der Waals surface area contributed by atoms with E-state index in [1.165, 1.54) is 31.0 Å². The fourth-order valence-electron chi connectivity index (χ4n) is 2.55. The standard InChI is InChI=1S/C19H18FN3O2S/c1-12-5-4-6-15(9-12)23-13(2)21-22-19(23)26-11-17(24)14-7-8-18(25-3)16(20)10-14/h4-10H,11H2,1-3H3. The number of aromatic nitrogens is 3. The van der Waals surface area contributed by atoms with Crippen LogP contribution in [-0.4, -0.2) is 33.4 Å². The lowest BCUT2D eigenvalue weighted by molar-refractivity contribution is 0.102. The van der Waals surface area contributed by atoms with Gasteiger partial charge in [0.2, 0.25) is 0 Å². The maximum Gasteiger partial charge on any atom is 0.196 e. The summed E-state index contributed by atoms with van der Waals surface area (Å²) in [6.07, 6.45) is 0. The number of carbonyl (C=O) groups is 1. The zero-order valence-corrected chi connectivity index (χ0v) is 15.5. The van der Waals surface area contributed by atoms with Crippen LogP contribution in [0.5, 0.6) is 5.75 Å². The van der Waals surface area contributed by atoms with Gasteiger partial charge in [-0.15, -0.1) is 10.2 Å². The van der Waals surface area contributed by atoms with Crippen molar-refractivity contribution in [2.45, 2.75) is 19.0 Å². The number of hydrogen-bond donors (Lipinski definition) is 0. The first-order valence-electron chi connectivity index (χ1n) is 7.98. The molecule has 0 fully saturated rings. The monoisotopic (exact) mass is 371 g/mol. The Labute approximate surface area is 155 Å². The number of aryl methyl sites for hydroxylation is 2. The van der Waals surface area contributed by atoms with Gasteiger partial charge in [-0.2, -0.15) is 0 Å². The van der Waals surface area contributed by atoms with Crippen molar-refractivity contribution in [2.24, 2.45) is 0 Å². The van der Waals surface area contributed by atoms with E-state index >= 15 is 0 Å². The number of ketones is 1. The normalized spacial score (nSPS) is 10.8. The van der Waals surface area contributed by atoms with Crippen LogP contribution in [0.15, 0.2) is 47.6 Å². The molecule has 0 saturated heterocycles. The van der Waals surface area contributed by atoms with Gasteiger partial charge in [0.1, 0.15) is 5.82 Å². The molecular formula is C19H18FN3O2S. The minimum atomic E-state index is -0.554. The predicted molar refractivity (Wildman–Crippen MR) is 98.8 cm³/mol. The van der Waals surface area contributed by atoms with Crippen LogP contribution in [-0.2, 0) is 0 Å². The molecule has 0 aliphatic heterocycles. The fraction of sp³-hybridized carbons (Fsp3) is 0.211. The summed E-state index contributed by atoms with van der Waals surface area (Å²) in [6, 6.07) is 12.2. The molecule has 1 aromatic heterocycles. The number of nitrogens with zero attached hydrogens (tertiary/aromatic N) is 3. The van der Waals surface area contributed by atoms with Gasteiger partial charge in [-0.3, -0.25) is 9.36 Å². The number of rotatable bonds is 6. The Hall–Kier alpha value is -2.67. The van der Waals surface area contributed by atoms with Crippen LogP contribution < -0.4 is 4.74 Å². The quantitative estimate of drug-likeness (QED) is 0.484. The van der Waals surface area contributed by atoms with Crippen molar-refractivity contribution in [3.05, 3.63) is 65.2 Å². The molecule has 3 aromatic rings. The van der Waals surface area contributed by atoms with Crippen molar-refractivity contribution >= 4 is 17.5 Å². The van der Waals surface area contributed by atoms with E-state index in [1.54, 1.807) is 6.07 Å². The molecule has 0 aliphatic rings. The van der Waals surface area contributed by atoms with Crippen LogP contribution in [0.4, 0.5) is 4.39 Å². The molecule has 2 aromatic carbocycles. The average molecular weight is 371 g/mol. The number of carbonyl (C=O) groups excluding carboxylic acids is 1. The lowest BCUT2D eigenvalue weighted by atomic mass is 10.1. The Morgan fingerprint density at radius 2 is 2.00 bits per heavy atom. The van der Waals surface area contributed by atoms with Crippen molar-refractivity contribution in [3.8, 4) is 11.4 Å². The summed E-state index contributed by atoms with van der Waals surface area (Å²) in [5.41, 5.74) is 2.36. The molecule has 0 radical (unpaired) electrons. The van der Waals surface area contributed by atoms with Crippen LogP contribution in [0.3, 0.4) is 0 Å². The lowest BCUT2D eigenvalue weighted by Crippen LogP contribution is -2.06. The maximum atomic E-state index is 13.8. The zero-order valence-electron chi connectivity index (χ0n) is 14.7. The SMILES string of the molecule is COc1ccc(C(=O)CSc2nnc(C)n2-c2cccc(C)c2)cc1F. The lowest BCUT2D eigenvalue weighted by Gasteiger charge is -2.09. The third kappa shape index (κ3) is 3.77. The van der Waals surface area contributed by atoms with Gasteiger partial charge in [-0.1, -0.05) is 23.9 Å². The van der Waals surface area contributed by atoms with Crippen LogP contribution in [0.2, 0.25) is 0 Å². The maximum absolute atomic E-state index is 13.8. The highest BCUT2D eigenvalue weighted by Gasteiger charge is 2.15. The van der Waals surface area contributed by atoms with Crippen molar-refractivity contribution in [1.29, 1.82) is 0 Å². The predicted octanol–water partition coefficient (Wildman–Crippen LogP) is 4.01. The highest BCUT2D eigenvalue weighted by atomic mass is 32.2. The largest absolute Gasteiger partial charge is 0.494 e. The first-order chi connectivity index (χ1) is 12.5. The molecule has 0 amide bonds. The minimum Gasteiger partial charge on any atom is -0.494 e. The second kappa shape index (κ2) is 7.70. The highest BCUT2D eigenvalue weighted by Crippen LogP contribution is 2.24. The molecule has 0 bridgehead atoms. The zero-order chi connectivity index (χ0) is 18.7. The number of benzene rings is 2. The second-order valence-corrected chi connectivity index (χ2v) is 6.71. The van der Waals surface area contributed by atoms with E-state index in [4.69, 9.17) is 4.74 Å². The number of halogens is 1. The van der Waals surface area contributed by atoms with Crippen molar-refractivity contribution in [1.82, 2.24) is 14.8 Å². The van der Waals surface area contributed by atoms with Gasteiger partial charge in [0, 0.05) is 11.3 Å². The van der Waals surface area contributed by atoms with Crippen LogP contribution in [0.25, 0.3) is 5.69 Å². The van der Waals surface area contributed by atoms with E-state index < -0.39 is 5.82 Å². The topological polar surface area (TPSA) is 57.0 Å². The van der Waals surface area contributed by atoms with E-state index in [0.717, 1.165) is 17.1 Å². The Bertz CT molecular complexity index is 956. The second-order valence-electron chi connectivity index (χ2n) is 5.77. The number of methoxy groups -OCH3 is 1. The Balaban J connectivity index is 1.78. The number of thioether (sulfide) groups is 1. The van der Waals surface area contributed by atoms with Gasteiger partial charge in [0.15, 0.2) is 22.5 Å². The minimum absolute atomic E-state index is 0.115. The summed E-state index contributed by atoms with van der Waals surface area (Å²) in [5.74, 6) is 0.246. The smallest absolute Gasteiger partial charge is 0.196 e. The molecule has 0 spiro atoms. The summed E-state index contributed by atoms with van der Waals surface area (Å²) in [5, 5.41) is 8.90. The van der Waals surface area contributed by atoms with E-state index in [1.807, 2.05) is 42.7 Å².